The predicted octanol–water partition coefficient (Wildman–Crippen LogP) is 1.16. The first kappa shape index (κ1) is 18.9. The van der Waals surface area contributed by atoms with E-state index < -0.39 is 0 Å². The van der Waals surface area contributed by atoms with Gasteiger partial charge in [-0.25, -0.2) is 0 Å². The van der Waals surface area contributed by atoms with Crippen molar-refractivity contribution in [3.63, 3.8) is 0 Å². The van der Waals surface area contributed by atoms with Gasteiger partial charge >= 0.3 is 0 Å². The summed E-state index contributed by atoms with van der Waals surface area (Å²) >= 11 is 0. The van der Waals surface area contributed by atoms with Gasteiger partial charge in [-0.3, -0.25) is 9.69 Å². The minimum absolute atomic E-state index is 0. The zero-order valence-electron chi connectivity index (χ0n) is 13.3. The molecule has 1 aromatic carbocycles. The van der Waals surface area contributed by atoms with E-state index in [0.29, 0.717) is 25.7 Å². The first-order valence-electron chi connectivity index (χ1n) is 7.48. The standard InChI is InChI=1S/C16H25N3O2.ClH/c1-13-9-17-7-8-19(13)11-16(20)18-10-14-5-3-4-6-15(14)12-21-2;/h3-6,13,17H,7-12H2,1-2H3,(H,18,20);1H/t13-;/m0./s1. The van der Waals surface area contributed by atoms with Crippen molar-refractivity contribution < 1.29 is 9.53 Å². The van der Waals surface area contributed by atoms with Gasteiger partial charge in [-0.15, -0.1) is 12.4 Å². The minimum Gasteiger partial charge on any atom is -0.380 e. The molecule has 1 fully saturated rings. The number of hydrogen-bond acceptors (Lipinski definition) is 4. The Morgan fingerprint density at radius 1 is 1.41 bits per heavy atom. The van der Waals surface area contributed by atoms with E-state index >= 15 is 0 Å². The van der Waals surface area contributed by atoms with Crippen LogP contribution in [0.25, 0.3) is 0 Å². The minimum atomic E-state index is 0. The van der Waals surface area contributed by atoms with Crippen LogP contribution in [0.5, 0.6) is 0 Å². The molecule has 1 atom stereocenters. The van der Waals surface area contributed by atoms with Gasteiger partial charge in [-0.2, -0.15) is 0 Å². The fourth-order valence-electron chi connectivity index (χ4n) is 2.58. The molecule has 22 heavy (non-hydrogen) atoms. The van der Waals surface area contributed by atoms with Crippen molar-refractivity contribution in [2.45, 2.75) is 26.1 Å². The summed E-state index contributed by atoms with van der Waals surface area (Å²) in [7, 11) is 1.68. The van der Waals surface area contributed by atoms with Gasteiger partial charge in [0.05, 0.1) is 13.2 Å². The van der Waals surface area contributed by atoms with Crippen molar-refractivity contribution in [1.29, 1.82) is 0 Å². The lowest BCUT2D eigenvalue weighted by Crippen LogP contribution is -2.52. The van der Waals surface area contributed by atoms with Gasteiger partial charge in [0.15, 0.2) is 0 Å². The van der Waals surface area contributed by atoms with Gasteiger partial charge in [-0.1, -0.05) is 24.3 Å². The number of hydrogen-bond donors (Lipinski definition) is 2. The van der Waals surface area contributed by atoms with Crippen molar-refractivity contribution in [2.24, 2.45) is 0 Å². The summed E-state index contributed by atoms with van der Waals surface area (Å²) in [6.45, 7) is 6.56. The van der Waals surface area contributed by atoms with Crippen LogP contribution in [0.3, 0.4) is 0 Å². The lowest BCUT2D eigenvalue weighted by molar-refractivity contribution is -0.123. The first-order valence-corrected chi connectivity index (χ1v) is 7.48. The summed E-state index contributed by atoms with van der Waals surface area (Å²) in [5.74, 6) is 0.0796. The molecular weight excluding hydrogens is 302 g/mol. The van der Waals surface area contributed by atoms with E-state index in [1.807, 2.05) is 24.3 Å². The van der Waals surface area contributed by atoms with Gasteiger partial charge in [0, 0.05) is 39.3 Å². The van der Waals surface area contributed by atoms with Crippen molar-refractivity contribution in [1.82, 2.24) is 15.5 Å². The van der Waals surface area contributed by atoms with Crippen LogP contribution in [0.2, 0.25) is 0 Å². The number of piperazine rings is 1. The monoisotopic (exact) mass is 327 g/mol. The van der Waals surface area contributed by atoms with Gasteiger partial charge < -0.3 is 15.4 Å². The Balaban J connectivity index is 0.00000242. The third kappa shape index (κ3) is 5.57. The Morgan fingerprint density at radius 3 is 2.82 bits per heavy atom. The summed E-state index contributed by atoms with van der Waals surface area (Å²) in [5.41, 5.74) is 2.23. The Bertz CT molecular complexity index is 470. The zero-order chi connectivity index (χ0) is 15.1. The van der Waals surface area contributed by atoms with Crippen LogP contribution < -0.4 is 10.6 Å². The molecule has 1 heterocycles. The highest BCUT2D eigenvalue weighted by atomic mass is 35.5. The number of methoxy groups -OCH3 is 1. The Morgan fingerprint density at radius 2 is 2.14 bits per heavy atom. The summed E-state index contributed by atoms with van der Waals surface area (Å²) in [5, 5.41) is 6.34. The van der Waals surface area contributed by atoms with E-state index in [4.69, 9.17) is 4.74 Å². The van der Waals surface area contributed by atoms with Crippen molar-refractivity contribution in [2.75, 3.05) is 33.3 Å². The van der Waals surface area contributed by atoms with Crippen molar-refractivity contribution in [3.05, 3.63) is 35.4 Å². The molecule has 0 aromatic heterocycles. The second kappa shape index (κ2) is 9.79. The number of benzene rings is 1. The molecule has 5 nitrogen and oxygen atoms in total. The highest BCUT2D eigenvalue weighted by Crippen LogP contribution is 2.09. The van der Waals surface area contributed by atoms with E-state index in [0.717, 1.165) is 30.8 Å². The molecule has 2 N–H and O–H groups in total. The van der Waals surface area contributed by atoms with Crippen LogP contribution in [0.15, 0.2) is 24.3 Å². The van der Waals surface area contributed by atoms with Crippen LogP contribution in [0, 0.1) is 0 Å². The van der Waals surface area contributed by atoms with E-state index in [1.54, 1.807) is 7.11 Å². The van der Waals surface area contributed by atoms with Gasteiger partial charge in [-0.05, 0) is 18.1 Å². The summed E-state index contributed by atoms with van der Waals surface area (Å²) in [4.78, 5) is 14.3. The van der Waals surface area contributed by atoms with Gasteiger partial charge in [0.25, 0.3) is 0 Å². The second-order valence-corrected chi connectivity index (χ2v) is 5.50. The molecule has 0 saturated carbocycles. The van der Waals surface area contributed by atoms with Crippen molar-refractivity contribution >= 4 is 18.3 Å². The molecule has 0 unspecified atom stereocenters. The first-order chi connectivity index (χ1) is 10.2. The van der Waals surface area contributed by atoms with Gasteiger partial charge in [0.2, 0.25) is 5.91 Å². The fourth-order valence-corrected chi connectivity index (χ4v) is 2.58. The van der Waals surface area contributed by atoms with Crippen LogP contribution in [-0.4, -0.2) is 50.1 Å². The quantitative estimate of drug-likeness (QED) is 0.823. The molecule has 0 spiro atoms. The number of nitrogens with zero attached hydrogens (tertiary/aromatic N) is 1. The molecule has 124 valence electrons. The lowest BCUT2D eigenvalue weighted by Gasteiger charge is -2.33. The van der Waals surface area contributed by atoms with Gasteiger partial charge in [0.1, 0.15) is 0 Å². The average molecular weight is 328 g/mol. The Labute approximate surface area is 138 Å². The van der Waals surface area contributed by atoms with Crippen LogP contribution >= 0.6 is 12.4 Å². The number of amides is 1. The molecule has 1 amide bonds. The average Bonchev–Trinajstić information content (AvgIpc) is 2.49. The molecular formula is C16H26ClN3O2. The zero-order valence-corrected chi connectivity index (χ0v) is 14.1. The molecule has 1 aliphatic rings. The fraction of sp³-hybridized carbons (Fsp3) is 0.562. The number of carbonyl (C=O) groups is 1. The largest absolute Gasteiger partial charge is 0.380 e. The molecule has 0 aliphatic carbocycles. The highest BCUT2D eigenvalue weighted by Gasteiger charge is 2.20. The van der Waals surface area contributed by atoms with E-state index in [1.165, 1.54) is 0 Å². The summed E-state index contributed by atoms with van der Waals surface area (Å²) in [6.07, 6.45) is 0. The number of nitrogens with one attached hydrogen (secondary N) is 2. The maximum atomic E-state index is 12.1. The highest BCUT2D eigenvalue weighted by molar-refractivity contribution is 5.85. The Hall–Kier alpha value is -1.14. The second-order valence-electron chi connectivity index (χ2n) is 5.50. The molecule has 6 heteroatoms. The number of carbonyl (C=O) groups excluding carboxylic acids is 1. The lowest BCUT2D eigenvalue weighted by atomic mass is 10.1. The Kier molecular flexibility index (Phi) is 8.42. The summed E-state index contributed by atoms with van der Waals surface area (Å²) < 4.78 is 5.18. The number of ether oxygens (including phenoxy) is 1. The molecule has 1 aliphatic heterocycles. The number of halogens is 1. The number of rotatable bonds is 6. The molecule has 1 saturated heterocycles. The molecule has 0 radical (unpaired) electrons. The van der Waals surface area contributed by atoms with E-state index in [2.05, 4.69) is 22.5 Å². The third-order valence-corrected chi connectivity index (χ3v) is 3.88. The van der Waals surface area contributed by atoms with Crippen LogP contribution in [0.4, 0.5) is 0 Å². The van der Waals surface area contributed by atoms with Crippen molar-refractivity contribution in [3.8, 4) is 0 Å². The summed E-state index contributed by atoms with van der Waals surface area (Å²) in [6, 6.07) is 8.44. The SMILES string of the molecule is COCc1ccccc1CNC(=O)CN1CCNC[C@@H]1C.Cl. The van der Waals surface area contributed by atoms with E-state index in [-0.39, 0.29) is 18.3 Å². The smallest absolute Gasteiger partial charge is 0.234 e. The van der Waals surface area contributed by atoms with Crippen LogP contribution in [0.1, 0.15) is 18.1 Å². The maximum absolute atomic E-state index is 12.1. The van der Waals surface area contributed by atoms with Crippen LogP contribution in [-0.2, 0) is 22.7 Å². The normalized spacial score (nSPS) is 18.5. The predicted molar refractivity (Wildman–Crippen MR) is 90.2 cm³/mol. The molecule has 0 bridgehead atoms. The molecule has 1 aromatic rings. The topological polar surface area (TPSA) is 53.6 Å². The third-order valence-electron chi connectivity index (χ3n) is 3.88. The molecule has 2 rings (SSSR count). The van der Waals surface area contributed by atoms with E-state index in [9.17, 15) is 4.79 Å². The maximum Gasteiger partial charge on any atom is 0.234 e.